The minimum atomic E-state index is -0.543. The average Bonchev–Trinajstić information content (AvgIpc) is 2.39. The van der Waals surface area contributed by atoms with Crippen molar-refractivity contribution in [3.8, 4) is 0 Å². The van der Waals surface area contributed by atoms with Gasteiger partial charge in [0.05, 0.1) is 6.61 Å². The third-order valence-corrected chi connectivity index (χ3v) is 2.62. The highest BCUT2D eigenvalue weighted by Gasteiger charge is 2.24. The fourth-order valence-electron chi connectivity index (χ4n) is 1.76. The first-order chi connectivity index (χ1) is 7.81. The van der Waals surface area contributed by atoms with Gasteiger partial charge in [-0.15, -0.1) is 0 Å². The van der Waals surface area contributed by atoms with Crippen molar-refractivity contribution in [1.82, 2.24) is 4.90 Å². The monoisotopic (exact) mass is 223 g/mol. The molecule has 1 amide bonds. The van der Waals surface area contributed by atoms with Gasteiger partial charge in [0.25, 0.3) is 5.91 Å². The van der Waals surface area contributed by atoms with Crippen molar-refractivity contribution in [2.24, 2.45) is 0 Å². The summed E-state index contributed by atoms with van der Waals surface area (Å²) in [7, 11) is 0. The van der Waals surface area contributed by atoms with Crippen LogP contribution < -0.4 is 0 Å². The molecule has 0 bridgehead atoms. The van der Waals surface area contributed by atoms with Crippen molar-refractivity contribution in [3.05, 3.63) is 35.9 Å². The first kappa shape index (κ1) is 11.1. The summed E-state index contributed by atoms with van der Waals surface area (Å²) in [4.78, 5) is 13.7. The predicted octanol–water partition coefficient (Wildman–Crippen LogP) is 1.50. The van der Waals surface area contributed by atoms with Crippen LogP contribution in [0.1, 0.15) is 10.4 Å². The van der Waals surface area contributed by atoms with Gasteiger partial charge in [-0.25, -0.2) is 4.39 Å². The summed E-state index contributed by atoms with van der Waals surface area (Å²) in [5.74, 6) is -0.0534. The first-order valence-electron chi connectivity index (χ1n) is 5.33. The molecule has 0 aromatic heterocycles. The van der Waals surface area contributed by atoms with Crippen LogP contribution in [0.15, 0.2) is 30.3 Å². The molecule has 0 N–H and O–H groups in total. The molecule has 1 aliphatic heterocycles. The maximum atomic E-state index is 12.5. The number of morpholine rings is 1. The molecule has 1 saturated heterocycles. The predicted molar refractivity (Wildman–Crippen MR) is 58.1 cm³/mol. The number of carbonyl (C=O) groups excluding carboxylic acids is 1. The second kappa shape index (κ2) is 5.07. The van der Waals surface area contributed by atoms with E-state index in [-0.39, 0.29) is 5.91 Å². The Bertz CT molecular complexity index is 355. The lowest BCUT2D eigenvalue weighted by Gasteiger charge is -2.31. The molecule has 1 fully saturated rings. The summed E-state index contributed by atoms with van der Waals surface area (Å²) < 4.78 is 17.6. The minimum Gasteiger partial charge on any atom is -0.372 e. The number of nitrogens with zero attached hydrogens (tertiary/aromatic N) is 1. The van der Waals surface area contributed by atoms with Gasteiger partial charge in [-0.3, -0.25) is 4.79 Å². The molecule has 0 unspecified atom stereocenters. The second-order valence-corrected chi connectivity index (χ2v) is 3.76. The third kappa shape index (κ3) is 2.39. The van der Waals surface area contributed by atoms with Gasteiger partial charge in [0.2, 0.25) is 0 Å². The zero-order valence-electron chi connectivity index (χ0n) is 8.93. The van der Waals surface area contributed by atoms with E-state index >= 15 is 0 Å². The largest absolute Gasteiger partial charge is 0.372 e. The fraction of sp³-hybridized carbons (Fsp3) is 0.417. The van der Waals surface area contributed by atoms with Crippen molar-refractivity contribution in [2.45, 2.75) is 6.10 Å². The summed E-state index contributed by atoms with van der Waals surface area (Å²) in [5, 5.41) is 0. The van der Waals surface area contributed by atoms with Gasteiger partial charge in [-0.05, 0) is 12.1 Å². The van der Waals surface area contributed by atoms with E-state index in [0.717, 1.165) is 0 Å². The quantitative estimate of drug-likeness (QED) is 0.760. The molecule has 86 valence electrons. The number of hydrogen-bond donors (Lipinski definition) is 0. The summed E-state index contributed by atoms with van der Waals surface area (Å²) in [6.45, 7) is 0.736. The van der Waals surface area contributed by atoms with Gasteiger partial charge in [-0.1, -0.05) is 18.2 Å². The highest BCUT2D eigenvalue weighted by molar-refractivity contribution is 5.94. The lowest BCUT2D eigenvalue weighted by atomic mass is 10.2. The molecule has 0 radical (unpaired) electrons. The summed E-state index contributed by atoms with van der Waals surface area (Å²) in [6.07, 6.45) is -0.471. The van der Waals surface area contributed by atoms with Gasteiger partial charge in [-0.2, -0.15) is 0 Å². The SMILES string of the molecule is O=C(c1ccccc1)N1CCO[C@H](CF)C1. The van der Waals surface area contributed by atoms with Crippen LogP contribution in [0.5, 0.6) is 0 Å². The number of benzene rings is 1. The third-order valence-electron chi connectivity index (χ3n) is 2.62. The maximum absolute atomic E-state index is 12.5. The summed E-state index contributed by atoms with van der Waals surface area (Å²) in [5.41, 5.74) is 0.641. The standard InChI is InChI=1S/C12H14FNO2/c13-8-11-9-14(6-7-16-11)12(15)10-4-2-1-3-5-10/h1-5,11H,6-9H2/t11-/m1/s1. The van der Waals surface area contributed by atoms with Gasteiger partial charge in [0.1, 0.15) is 12.8 Å². The zero-order valence-corrected chi connectivity index (χ0v) is 8.93. The van der Waals surface area contributed by atoms with Crippen molar-refractivity contribution >= 4 is 5.91 Å². The number of halogens is 1. The molecular weight excluding hydrogens is 209 g/mol. The molecule has 1 atom stereocenters. The molecule has 3 nitrogen and oxygen atoms in total. The lowest BCUT2D eigenvalue weighted by Crippen LogP contribution is -2.46. The highest BCUT2D eigenvalue weighted by Crippen LogP contribution is 2.10. The molecule has 2 rings (SSSR count). The topological polar surface area (TPSA) is 29.5 Å². The molecule has 1 aliphatic rings. The molecule has 1 aromatic rings. The van der Waals surface area contributed by atoms with Crippen LogP contribution in [0.2, 0.25) is 0 Å². The van der Waals surface area contributed by atoms with Crippen LogP contribution >= 0.6 is 0 Å². The van der Waals surface area contributed by atoms with Crippen LogP contribution in [0.3, 0.4) is 0 Å². The van der Waals surface area contributed by atoms with Crippen LogP contribution in [0.25, 0.3) is 0 Å². The van der Waals surface area contributed by atoms with Crippen molar-refractivity contribution in [2.75, 3.05) is 26.4 Å². The number of hydrogen-bond acceptors (Lipinski definition) is 2. The van der Waals surface area contributed by atoms with Crippen molar-refractivity contribution in [1.29, 1.82) is 0 Å². The molecule has 0 spiro atoms. The van der Waals surface area contributed by atoms with E-state index in [0.29, 0.717) is 25.3 Å². The van der Waals surface area contributed by atoms with Crippen LogP contribution in [0, 0.1) is 0 Å². The Morgan fingerprint density at radius 3 is 2.88 bits per heavy atom. The Kier molecular flexibility index (Phi) is 3.51. The summed E-state index contributed by atoms with van der Waals surface area (Å²) >= 11 is 0. The van der Waals surface area contributed by atoms with Crippen LogP contribution in [-0.2, 0) is 4.74 Å². The molecule has 0 saturated carbocycles. The fourth-order valence-corrected chi connectivity index (χ4v) is 1.76. The second-order valence-electron chi connectivity index (χ2n) is 3.76. The smallest absolute Gasteiger partial charge is 0.254 e. The molecule has 4 heteroatoms. The van der Waals surface area contributed by atoms with E-state index in [1.807, 2.05) is 18.2 Å². The van der Waals surface area contributed by atoms with Crippen molar-refractivity contribution in [3.63, 3.8) is 0 Å². The van der Waals surface area contributed by atoms with Gasteiger partial charge in [0, 0.05) is 18.7 Å². The van der Waals surface area contributed by atoms with Gasteiger partial charge >= 0.3 is 0 Å². The Balaban J connectivity index is 2.05. The molecule has 1 heterocycles. The van der Waals surface area contributed by atoms with Crippen molar-refractivity contribution < 1.29 is 13.9 Å². The van der Waals surface area contributed by atoms with Gasteiger partial charge < -0.3 is 9.64 Å². The van der Waals surface area contributed by atoms with E-state index in [2.05, 4.69) is 0 Å². The van der Waals surface area contributed by atoms with Crippen LogP contribution in [-0.4, -0.2) is 43.3 Å². The van der Waals surface area contributed by atoms with E-state index in [4.69, 9.17) is 4.74 Å². The summed E-state index contributed by atoms with van der Waals surface area (Å²) in [6, 6.07) is 9.03. The number of rotatable bonds is 2. The minimum absolute atomic E-state index is 0.0534. The molecular formula is C12H14FNO2. The number of carbonyl (C=O) groups is 1. The normalized spacial score (nSPS) is 20.8. The number of ether oxygens (including phenoxy) is 1. The highest BCUT2D eigenvalue weighted by atomic mass is 19.1. The van der Waals surface area contributed by atoms with E-state index in [9.17, 15) is 9.18 Å². The van der Waals surface area contributed by atoms with E-state index < -0.39 is 12.8 Å². The molecule has 1 aromatic carbocycles. The average molecular weight is 223 g/mol. The Morgan fingerprint density at radius 2 is 2.19 bits per heavy atom. The van der Waals surface area contributed by atoms with E-state index in [1.54, 1.807) is 17.0 Å². The van der Waals surface area contributed by atoms with Crippen LogP contribution in [0.4, 0.5) is 4.39 Å². The molecule has 16 heavy (non-hydrogen) atoms. The maximum Gasteiger partial charge on any atom is 0.254 e. The number of amides is 1. The van der Waals surface area contributed by atoms with Gasteiger partial charge in [0.15, 0.2) is 0 Å². The first-order valence-corrected chi connectivity index (χ1v) is 5.33. The Labute approximate surface area is 93.8 Å². The lowest BCUT2D eigenvalue weighted by molar-refractivity contribution is -0.0310. The zero-order chi connectivity index (χ0) is 11.4. The Hall–Kier alpha value is -1.42. The Morgan fingerprint density at radius 1 is 1.44 bits per heavy atom. The molecule has 0 aliphatic carbocycles. The van der Waals surface area contributed by atoms with E-state index in [1.165, 1.54) is 0 Å². The number of alkyl halides is 1.